The van der Waals surface area contributed by atoms with E-state index in [4.69, 9.17) is 4.84 Å². The quantitative estimate of drug-likeness (QED) is 0.741. The molecule has 4 rings (SSSR count). The number of H-pyrrole nitrogens is 1. The normalized spacial score (nSPS) is 17.6. The Morgan fingerprint density at radius 2 is 2.23 bits per heavy atom. The number of oxime groups is 1. The Hall–Kier alpha value is -3.22. The molecule has 3 aromatic rings. The molecule has 1 aromatic carbocycles. The van der Waals surface area contributed by atoms with Crippen molar-refractivity contribution in [3.05, 3.63) is 60.2 Å². The van der Waals surface area contributed by atoms with Crippen LogP contribution in [-0.4, -0.2) is 32.7 Å². The molecule has 0 unspecified atom stereocenters. The lowest BCUT2D eigenvalue weighted by Crippen LogP contribution is -2.37. The van der Waals surface area contributed by atoms with Crippen LogP contribution in [0.4, 0.5) is 0 Å². The minimum atomic E-state index is -0.636. The highest BCUT2D eigenvalue weighted by atomic mass is 16.6. The number of aromatic nitrogens is 3. The fourth-order valence-corrected chi connectivity index (χ4v) is 2.99. The molecule has 0 spiro atoms. The Balaban J connectivity index is 1.44. The summed E-state index contributed by atoms with van der Waals surface area (Å²) in [6, 6.07) is 11.3. The van der Waals surface area contributed by atoms with Crippen molar-refractivity contribution in [3.8, 4) is 0 Å². The van der Waals surface area contributed by atoms with Gasteiger partial charge in [-0.2, -0.15) is 0 Å². The largest absolute Gasteiger partial charge is 0.382 e. The van der Waals surface area contributed by atoms with Gasteiger partial charge in [0.15, 0.2) is 0 Å². The number of amides is 1. The van der Waals surface area contributed by atoms with Crippen LogP contribution in [0, 0.1) is 0 Å². The fraction of sp³-hybridized carbons (Fsp3) is 0.263. The van der Waals surface area contributed by atoms with E-state index in [1.54, 1.807) is 12.4 Å². The highest BCUT2D eigenvalue weighted by Gasteiger charge is 2.30. The first-order valence-electron chi connectivity index (χ1n) is 8.62. The van der Waals surface area contributed by atoms with E-state index in [-0.39, 0.29) is 11.9 Å². The molecule has 132 valence electrons. The van der Waals surface area contributed by atoms with Gasteiger partial charge in [-0.3, -0.25) is 9.78 Å². The lowest BCUT2D eigenvalue weighted by Gasteiger charge is -2.16. The Labute approximate surface area is 150 Å². The zero-order chi connectivity index (χ0) is 17.9. The molecule has 0 aliphatic carbocycles. The molecule has 26 heavy (non-hydrogen) atoms. The first-order valence-corrected chi connectivity index (χ1v) is 8.62. The van der Waals surface area contributed by atoms with Gasteiger partial charge in [-0.1, -0.05) is 24.2 Å². The number of para-hydroxylation sites is 2. The molecule has 1 amide bonds. The molecule has 0 bridgehead atoms. The third kappa shape index (κ3) is 3.15. The SMILES string of the molecule is CC[C@H](NC(=O)[C@H]1CC(c2cccnc2)=NO1)c1nc2ccccc2[nH]1. The second kappa shape index (κ2) is 6.95. The second-order valence-electron chi connectivity index (χ2n) is 6.19. The standard InChI is InChI=1S/C19H19N5O2/c1-2-13(18-21-14-7-3-4-8-15(14)22-18)23-19(25)17-10-16(24-26-17)12-6-5-9-20-11-12/h3-9,11,13,17H,2,10H2,1H3,(H,21,22)(H,23,25)/t13-,17+/m0/s1. The van der Waals surface area contributed by atoms with Crippen LogP contribution in [0.3, 0.4) is 0 Å². The van der Waals surface area contributed by atoms with Crippen molar-refractivity contribution >= 4 is 22.7 Å². The molecule has 1 aliphatic heterocycles. The van der Waals surface area contributed by atoms with Crippen LogP contribution in [0.2, 0.25) is 0 Å². The molecule has 2 aromatic heterocycles. The van der Waals surface area contributed by atoms with E-state index in [2.05, 4.69) is 25.4 Å². The van der Waals surface area contributed by atoms with Gasteiger partial charge < -0.3 is 15.1 Å². The van der Waals surface area contributed by atoms with Crippen LogP contribution in [0.1, 0.15) is 37.2 Å². The molecule has 0 radical (unpaired) electrons. The summed E-state index contributed by atoms with van der Waals surface area (Å²) >= 11 is 0. The number of nitrogens with zero attached hydrogens (tertiary/aromatic N) is 3. The van der Waals surface area contributed by atoms with Crippen molar-refractivity contribution in [1.29, 1.82) is 0 Å². The van der Waals surface area contributed by atoms with Gasteiger partial charge in [-0.15, -0.1) is 0 Å². The number of imidazole rings is 1. The first kappa shape index (κ1) is 16.3. The molecular weight excluding hydrogens is 330 g/mol. The van der Waals surface area contributed by atoms with E-state index in [1.165, 1.54) is 0 Å². The number of fused-ring (bicyclic) bond motifs is 1. The van der Waals surface area contributed by atoms with Crippen molar-refractivity contribution in [1.82, 2.24) is 20.3 Å². The van der Waals surface area contributed by atoms with Crippen LogP contribution >= 0.6 is 0 Å². The van der Waals surface area contributed by atoms with Crippen molar-refractivity contribution in [3.63, 3.8) is 0 Å². The molecule has 2 atom stereocenters. The molecule has 3 heterocycles. The molecule has 2 N–H and O–H groups in total. The number of aromatic amines is 1. The highest BCUT2D eigenvalue weighted by Crippen LogP contribution is 2.21. The third-order valence-electron chi connectivity index (χ3n) is 4.42. The van der Waals surface area contributed by atoms with E-state index in [0.29, 0.717) is 12.8 Å². The average molecular weight is 349 g/mol. The zero-order valence-corrected chi connectivity index (χ0v) is 14.3. The summed E-state index contributed by atoms with van der Waals surface area (Å²) in [5.41, 5.74) is 3.44. The fourth-order valence-electron chi connectivity index (χ4n) is 2.99. The molecule has 7 nitrogen and oxygen atoms in total. The smallest absolute Gasteiger partial charge is 0.264 e. The topological polar surface area (TPSA) is 92.3 Å². The van der Waals surface area contributed by atoms with Gasteiger partial charge in [-0.05, 0) is 30.7 Å². The Kier molecular flexibility index (Phi) is 4.35. The Morgan fingerprint density at radius 3 is 3.00 bits per heavy atom. The maximum atomic E-state index is 12.6. The minimum absolute atomic E-state index is 0.194. The monoisotopic (exact) mass is 349 g/mol. The average Bonchev–Trinajstić information content (AvgIpc) is 3.33. The predicted octanol–water partition coefficient (Wildman–Crippen LogP) is 2.72. The van der Waals surface area contributed by atoms with Gasteiger partial charge in [-0.25, -0.2) is 4.98 Å². The zero-order valence-electron chi connectivity index (χ0n) is 14.3. The number of nitrogens with one attached hydrogen (secondary N) is 2. The molecular formula is C19H19N5O2. The van der Waals surface area contributed by atoms with Crippen LogP contribution in [0.15, 0.2) is 53.9 Å². The maximum Gasteiger partial charge on any atom is 0.264 e. The number of carbonyl (C=O) groups is 1. The minimum Gasteiger partial charge on any atom is -0.382 e. The van der Waals surface area contributed by atoms with Gasteiger partial charge in [0.25, 0.3) is 5.91 Å². The lowest BCUT2D eigenvalue weighted by molar-refractivity contribution is -0.132. The van der Waals surface area contributed by atoms with E-state index >= 15 is 0 Å². The maximum absolute atomic E-state index is 12.6. The van der Waals surface area contributed by atoms with E-state index in [0.717, 1.165) is 28.1 Å². The lowest BCUT2D eigenvalue weighted by atomic mass is 10.1. The van der Waals surface area contributed by atoms with Gasteiger partial charge >= 0.3 is 0 Å². The van der Waals surface area contributed by atoms with Gasteiger partial charge in [0.2, 0.25) is 6.10 Å². The summed E-state index contributed by atoms with van der Waals surface area (Å²) in [4.78, 5) is 29.9. The van der Waals surface area contributed by atoms with E-state index in [9.17, 15) is 4.79 Å². The summed E-state index contributed by atoms with van der Waals surface area (Å²) in [6.45, 7) is 2.01. The molecule has 1 aliphatic rings. The van der Waals surface area contributed by atoms with Crippen LogP contribution in [0.5, 0.6) is 0 Å². The summed E-state index contributed by atoms with van der Waals surface area (Å²) < 4.78 is 0. The molecule has 0 saturated heterocycles. The van der Waals surface area contributed by atoms with Gasteiger partial charge in [0.1, 0.15) is 5.82 Å². The highest BCUT2D eigenvalue weighted by molar-refractivity contribution is 6.03. The van der Waals surface area contributed by atoms with Crippen LogP contribution in [-0.2, 0) is 9.63 Å². The summed E-state index contributed by atoms with van der Waals surface area (Å²) in [5, 5.41) is 7.05. The Bertz CT molecular complexity index is 918. The molecule has 7 heteroatoms. The summed E-state index contributed by atoms with van der Waals surface area (Å²) in [6.07, 6.45) is 3.92. The number of hydrogen-bond donors (Lipinski definition) is 2. The van der Waals surface area contributed by atoms with Crippen molar-refractivity contribution < 1.29 is 9.63 Å². The van der Waals surface area contributed by atoms with Gasteiger partial charge in [0.05, 0.1) is 22.8 Å². The predicted molar refractivity (Wildman–Crippen MR) is 97.5 cm³/mol. The van der Waals surface area contributed by atoms with Crippen LogP contribution in [0.25, 0.3) is 11.0 Å². The molecule has 0 fully saturated rings. The number of hydrogen-bond acceptors (Lipinski definition) is 5. The summed E-state index contributed by atoms with van der Waals surface area (Å²) in [7, 11) is 0. The number of carbonyl (C=O) groups excluding carboxylic acids is 1. The summed E-state index contributed by atoms with van der Waals surface area (Å²) in [5.74, 6) is 0.549. The number of benzene rings is 1. The second-order valence-corrected chi connectivity index (χ2v) is 6.19. The number of rotatable bonds is 5. The van der Waals surface area contributed by atoms with Crippen LogP contribution < -0.4 is 5.32 Å². The van der Waals surface area contributed by atoms with Crippen molar-refractivity contribution in [2.75, 3.05) is 0 Å². The van der Waals surface area contributed by atoms with Crippen molar-refractivity contribution in [2.45, 2.75) is 31.9 Å². The third-order valence-corrected chi connectivity index (χ3v) is 4.42. The number of pyridine rings is 1. The molecule has 0 saturated carbocycles. The Morgan fingerprint density at radius 1 is 1.35 bits per heavy atom. The first-order chi connectivity index (χ1) is 12.7. The van der Waals surface area contributed by atoms with Crippen molar-refractivity contribution in [2.24, 2.45) is 5.16 Å². The van der Waals surface area contributed by atoms with E-state index < -0.39 is 6.10 Å². The van der Waals surface area contributed by atoms with Gasteiger partial charge in [0, 0.05) is 24.4 Å². The van der Waals surface area contributed by atoms with E-state index in [1.807, 2.05) is 43.3 Å².